The van der Waals surface area contributed by atoms with Crippen LogP contribution in [0.2, 0.25) is 0 Å². The third-order valence-corrected chi connectivity index (χ3v) is 3.74. The Morgan fingerprint density at radius 2 is 1.78 bits per heavy atom. The molecule has 2 aromatic carbocycles. The quantitative estimate of drug-likeness (QED) is 0.527. The lowest BCUT2D eigenvalue weighted by Gasteiger charge is -2.09. The fourth-order valence-electron chi connectivity index (χ4n) is 1.78. The van der Waals surface area contributed by atoms with Crippen LogP contribution in [0.5, 0.6) is 5.75 Å². The Hall–Kier alpha value is -2.21. The summed E-state index contributed by atoms with van der Waals surface area (Å²) in [6, 6.07) is 7.06. The second kappa shape index (κ2) is 6.50. The van der Waals surface area contributed by atoms with Crippen LogP contribution in [0.3, 0.4) is 0 Å². The Morgan fingerprint density at radius 1 is 1.09 bits per heavy atom. The number of halogens is 4. The van der Waals surface area contributed by atoms with E-state index in [0.29, 0.717) is 15.2 Å². The van der Waals surface area contributed by atoms with Crippen LogP contribution in [0.4, 0.5) is 13.2 Å². The van der Waals surface area contributed by atoms with Crippen LogP contribution in [-0.4, -0.2) is 16.2 Å². The Kier molecular flexibility index (Phi) is 4.85. The molecule has 0 unspecified atom stereocenters. The predicted molar refractivity (Wildman–Crippen MR) is 85.2 cm³/mol. The smallest absolute Gasteiger partial charge is 0.417 e. The van der Waals surface area contributed by atoms with Crippen molar-refractivity contribution >= 4 is 28.6 Å². The Labute approximate surface area is 142 Å². The van der Waals surface area contributed by atoms with E-state index in [1.165, 1.54) is 18.2 Å². The summed E-state index contributed by atoms with van der Waals surface area (Å²) < 4.78 is 39.2. The SMILES string of the molecule is O=C(O)c1ccc(C#Cc2ccc(O)cc2C(F)(F)F)cc1I. The normalized spacial score (nSPS) is 10.8. The molecule has 0 fully saturated rings. The highest BCUT2D eigenvalue weighted by atomic mass is 127. The molecule has 2 N–H and O–H groups in total. The molecule has 0 aromatic heterocycles. The first-order valence-electron chi connectivity index (χ1n) is 6.13. The summed E-state index contributed by atoms with van der Waals surface area (Å²) in [7, 11) is 0. The molecule has 118 valence electrons. The zero-order chi connectivity index (χ0) is 17.2. The molecule has 23 heavy (non-hydrogen) atoms. The van der Waals surface area contributed by atoms with Gasteiger partial charge in [0.25, 0.3) is 0 Å². The molecule has 0 bridgehead atoms. The van der Waals surface area contributed by atoms with E-state index in [1.807, 2.05) is 22.6 Å². The van der Waals surface area contributed by atoms with Gasteiger partial charge in [-0.05, 0) is 59.0 Å². The number of carboxylic acid groups (broad SMARTS) is 1. The lowest BCUT2D eigenvalue weighted by molar-refractivity contribution is -0.137. The molecule has 2 aromatic rings. The van der Waals surface area contributed by atoms with E-state index in [4.69, 9.17) is 5.11 Å². The van der Waals surface area contributed by atoms with Crippen molar-refractivity contribution in [3.05, 3.63) is 62.2 Å². The van der Waals surface area contributed by atoms with Gasteiger partial charge in [0.1, 0.15) is 5.75 Å². The van der Waals surface area contributed by atoms with Gasteiger partial charge in [0.2, 0.25) is 0 Å². The molecule has 0 aliphatic heterocycles. The largest absolute Gasteiger partial charge is 0.508 e. The molecule has 0 radical (unpaired) electrons. The second-order valence-electron chi connectivity index (χ2n) is 4.48. The summed E-state index contributed by atoms with van der Waals surface area (Å²) in [6.45, 7) is 0. The van der Waals surface area contributed by atoms with Crippen LogP contribution in [0.15, 0.2) is 36.4 Å². The number of benzene rings is 2. The zero-order valence-corrected chi connectivity index (χ0v) is 13.4. The molecule has 0 aliphatic carbocycles. The third kappa shape index (κ3) is 4.16. The van der Waals surface area contributed by atoms with Crippen LogP contribution >= 0.6 is 22.6 Å². The minimum atomic E-state index is -4.63. The molecule has 0 spiro atoms. The number of carbonyl (C=O) groups is 1. The molecular weight excluding hydrogens is 424 g/mol. The first-order valence-corrected chi connectivity index (χ1v) is 7.21. The summed E-state index contributed by atoms with van der Waals surface area (Å²) >= 11 is 1.82. The van der Waals surface area contributed by atoms with E-state index in [0.717, 1.165) is 12.1 Å². The Bertz CT molecular complexity index is 833. The van der Waals surface area contributed by atoms with Gasteiger partial charge in [-0.1, -0.05) is 11.8 Å². The van der Waals surface area contributed by atoms with Crippen molar-refractivity contribution in [2.75, 3.05) is 0 Å². The fraction of sp³-hybridized carbons (Fsp3) is 0.0625. The van der Waals surface area contributed by atoms with Crippen LogP contribution in [-0.2, 0) is 6.18 Å². The minimum Gasteiger partial charge on any atom is -0.508 e. The molecule has 0 saturated carbocycles. The summed E-state index contributed by atoms with van der Waals surface area (Å²) in [6.07, 6.45) is -4.63. The predicted octanol–water partition coefficient (Wildman–Crippen LogP) is 4.11. The molecule has 0 heterocycles. The van der Waals surface area contributed by atoms with Gasteiger partial charge in [0, 0.05) is 14.7 Å². The van der Waals surface area contributed by atoms with E-state index < -0.39 is 23.5 Å². The summed E-state index contributed by atoms with van der Waals surface area (Å²) in [5.74, 6) is 3.39. The van der Waals surface area contributed by atoms with E-state index in [1.54, 1.807) is 0 Å². The van der Waals surface area contributed by atoms with Crippen molar-refractivity contribution in [1.29, 1.82) is 0 Å². The molecule has 0 amide bonds. The molecular formula is C16H8F3IO3. The third-order valence-electron chi connectivity index (χ3n) is 2.85. The van der Waals surface area contributed by atoms with E-state index in [-0.39, 0.29) is 11.1 Å². The second-order valence-corrected chi connectivity index (χ2v) is 5.64. The van der Waals surface area contributed by atoms with Gasteiger partial charge in [0.05, 0.1) is 11.1 Å². The van der Waals surface area contributed by atoms with Gasteiger partial charge in [-0.3, -0.25) is 0 Å². The van der Waals surface area contributed by atoms with Crippen molar-refractivity contribution in [1.82, 2.24) is 0 Å². The van der Waals surface area contributed by atoms with Crippen molar-refractivity contribution in [2.45, 2.75) is 6.18 Å². The van der Waals surface area contributed by atoms with Gasteiger partial charge < -0.3 is 10.2 Å². The maximum atomic E-state index is 12.9. The monoisotopic (exact) mass is 432 g/mol. The topological polar surface area (TPSA) is 57.5 Å². The van der Waals surface area contributed by atoms with Gasteiger partial charge in [-0.15, -0.1) is 0 Å². The minimum absolute atomic E-state index is 0.0942. The summed E-state index contributed by atoms with van der Waals surface area (Å²) in [5, 5.41) is 18.1. The first kappa shape index (κ1) is 17.1. The van der Waals surface area contributed by atoms with Gasteiger partial charge >= 0.3 is 12.1 Å². The lowest BCUT2D eigenvalue weighted by Crippen LogP contribution is -2.07. The molecule has 0 saturated heterocycles. The van der Waals surface area contributed by atoms with Gasteiger partial charge in [-0.2, -0.15) is 13.2 Å². The van der Waals surface area contributed by atoms with Crippen LogP contribution in [0.1, 0.15) is 27.0 Å². The number of aromatic hydroxyl groups is 1. The number of phenols is 1. The van der Waals surface area contributed by atoms with Crippen LogP contribution in [0, 0.1) is 15.4 Å². The lowest BCUT2D eigenvalue weighted by atomic mass is 10.1. The number of alkyl halides is 3. The van der Waals surface area contributed by atoms with E-state index in [2.05, 4.69) is 11.8 Å². The summed E-state index contributed by atoms with van der Waals surface area (Å²) in [4.78, 5) is 10.9. The zero-order valence-electron chi connectivity index (χ0n) is 11.3. The number of rotatable bonds is 1. The fourth-order valence-corrected chi connectivity index (χ4v) is 2.53. The standard InChI is InChI=1S/C16H8F3IO3/c17-16(18,19)13-8-11(21)5-4-10(13)3-1-9-2-6-12(15(22)23)14(20)7-9/h2,4-8,21H,(H,22,23). The number of hydrogen-bond acceptors (Lipinski definition) is 2. The molecule has 7 heteroatoms. The van der Waals surface area contributed by atoms with E-state index in [9.17, 15) is 23.1 Å². The van der Waals surface area contributed by atoms with Gasteiger partial charge in [-0.25, -0.2) is 4.79 Å². The number of aromatic carboxylic acids is 1. The van der Waals surface area contributed by atoms with Crippen LogP contribution < -0.4 is 0 Å². The maximum absolute atomic E-state index is 12.9. The highest BCUT2D eigenvalue weighted by Crippen LogP contribution is 2.33. The van der Waals surface area contributed by atoms with Crippen LogP contribution in [0.25, 0.3) is 0 Å². The Balaban J connectivity index is 2.44. The van der Waals surface area contributed by atoms with Crippen molar-refractivity contribution in [2.24, 2.45) is 0 Å². The highest BCUT2D eigenvalue weighted by Gasteiger charge is 2.33. The molecule has 0 atom stereocenters. The first-order chi connectivity index (χ1) is 10.7. The number of hydrogen-bond donors (Lipinski definition) is 2. The highest BCUT2D eigenvalue weighted by molar-refractivity contribution is 14.1. The van der Waals surface area contributed by atoms with Gasteiger partial charge in [0.15, 0.2) is 0 Å². The summed E-state index contributed by atoms with van der Waals surface area (Å²) in [5.41, 5.74) is -0.813. The van der Waals surface area contributed by atoms with Crippen molar-refractivity contribution < 1.29 is 28.2 Å². The average molecular weight is 432 g/mol. The number of carboxylic acids is 1. The average Bonchev–Trinajstić information content (AvgIpc) is 2.44. The van der Waals surface area contributed by atoms with Crippen molar-refractivity contribution in [3.8, 4) is 17.6 Å². The number of phenolic OH excluding ortho intramolecular Hbond substituents is 1. The molecule has 3 nitrogen and oxygen atoms in total. The molecule has 0 aliphatic rings. The Morgan fingerprint density at radius 3 is 2.35 bits per heavy atom. The van der Waals surface area contributed by atoms with E-state index >= 15 is 0 Å². The molecule has 2 rings (SSSR count). The van der Waals surface area contributed by atoms with Crippen molar-refractivity contribution in [3.63, 3.8) is 0 Å². The maximum Gasteiger partial charge on any atom is 0.417 e.